The highest BCUT2D eigenvalue weighted by Crippen LogP contribution is 2.31. The summed E-state index contributed by atoms with van der Waals surface area (Å²) < 4.78 is 1.88. The number of thiazole rings is 1. The number of nitrogens with zero attached hydrogens (tertiary/aromatic N) is 4. The minimum atomic E-state index is -0.200. The molecule has 0 unspecified atom stereocenters. The van der Waals surface area contributed by atoms with E-state index in [4.69, 9.17) is 34.8 Å². The van der Waals surface area contributed by atoms with Crippen molar-refractivity contribution < 1.29 is 4.79 Å². The SMILES string of the molecule is C=CCn1c(SCC(=O)Nc2ncc(Cc3c(Cl)cccc3Cl)s2)nnc1-c1ccccc1Cl. The van der Waals surface area contributed by atoms with Crippen LogP contribution >= 0.6 is 57.9 Å². The lowest BCUT2D eigenvalue weighted by molar-refractivity contribution is -0.113. The van der Waals surface area contributed by atoms with Gasteiger partial charge in [-0.15, -0.1) is 28.1 Å². The highest BCUT2D eigenvalue weighted by atomic mass is 35.5. The van der Waals surface area contributed by atoms with Crippen LogP contribution < -0.4 is 5.32 Å². The number of carbonyl (C=O) groups is 1. The van der Waals surface area contributed by atoms with Crippen molar-refractivity contribution in [3.8, 4) is 11.4 Å². The molecule has 34 heavy (non-hydrogen) atoms. The number of nitrogens with one attached hydrogen (secondary N) is 1. The summed E-state index contributed by atoms with van der Waals surface area (Å²) in [5, 5.41) is 14.2. The summed E-state index contributed by atoms with van der Waals surface area (Å²) in [5.74, 6) is 0.564. The first-order chi connectivity index (χ1) is 16.5. The highest BCUT2D eigenvalue weighted by Gasteiger charge is 2.17. The summed E-state index contributed by atoms with van der Waals surface area (Å²) in [5.41, 5.74) is 1.60. The molecule has 11 heteroatoms. The third-order valence-electron chi connectivity index (χ3n) is 4.69. The zero-order valence-electron chi connectivity index (χ0n) is 17.7. The minimum absolute atomic E-state index is 0.142. The van der Waals surface area contributed by atoms with Crippen molar-refractivity contribution in [2.45, 2.75) is 18.1 Å². The van der Waals surface area contributed by atoms with Crippen LogP contribution in [0.1, 0.15) is 10.4 Å². The van der Waals surface area contributed by atoms with E-state index < -0.39 is 0 Å². The fraction of sp³-hybridized carbons (Fsp3) is 0.130. The van der Waals surface area contributed by atoms with Gasteiger partial charge in [0.2, 0.25) is 5.91 Å². The molecule has 0 saturated carbocycles. The second kappa shape index (κ2) is 11.4. The van der Waals surface area contributed by atoms with E-state index >= 15 is 0 Å². The molecule has 1 N–H and O–H groups in total. The van der Waals surface area contributed by atoms with Crippen molar-refractivity contribution in [1.29, 1.82) is 0 Å². The second-order valence-electron chi connectivity index (χ2n) is 7.03. The molecular weight excluding hydrogens is 533 g/mol. The van der Waals surface area contributed by atoms with Gasteiger partial charge >= 0.3 is 0 Å². The Bertz CT molecular complexity index is 1320. The van der Waals surface area contributed by atoms with E-state index in [0.717, 1.165) is 16.0 Å². The molecule has 174 valence electrons. The number of allylic oxidation sites excluding steroid dienone is 1. The van der Waals surface area contributed by atoms with E-state index in [-0.39, 0.29) is 11.7 Å². The van der Waals surface area contributed by atoms with Crippen molar-refractivity contribution in [2.24, 2.45) is 0 Å². The third-order valence-corrected chi connectivity index (χ3v) is 7.61. The number of halogens is 3. The van der Waals surface area contributed by atoms with E-state index in [2.05, 4.69) is 27.1 Å². The molecule has 6 nitrogen and oxygen atoms in total. The molecule has 2 heterocycles. The lowest BCUT2D eigenvalue weighted by atomic mass is 10.1. The van der Waals surface area contributed by atoms with Crippen molar-refractivity contribution in [3.63, 3.8) is 0 Å². The molecule has 0 saturated heterocycles. The molecular formula is C23H18Cl3N5OS2. The summed E-state index contributed by atoms with van der Waals surface area (Å²) in [6.07, 6.45) is 4.00. The molecule has 4 rings (SSSR count). The lowest BCUT2D eigenvalue weighted by Gasteiger charge is -2.08. The van der Waals surface area contributed by atoms with Crippen LogP contribution in [0, 0.1) is 0 Å². The van der Waals surface area contributed by atoms with Crippen molar-refractivity contribution in [1.82, 2.24) is 19.7 Å². The van der Waals surface area contributed by atoms with Crippen molar-refractivity contribution >= 4 is 68.9 Å². The molecule has 0 fully saturated rings. The Morgan fingerprint density at radius 2 is 1.82 bits per heavy atom. The van der Waals surface area contributed by atoms with Crippen LogP contribution in [0.2, 0.25) is 15.1 Å². The van der Waals surface area contributed by atoms with Gasteiger partial charge in [0.05, 0.1) is 10.8 Å². The van der Waals surface area contributed by atoms with Gasteiger partial charge in [0.1, 0.15) is 0 Å². The largest absolute Gasteiger partial charge is 0.301 e. The number of amides is 1. The highest BCUT2D eigenvalue weighted by molar-refractivity contribution is 7.99. The molecule has 0 aliphatic rings. The maximum Gasteiger partial charge on any atom is 0.236 e. The molecule has 2 aromatic heterocycles. The zero-order valence-corrected chi connectivity index (χ0v) is 21.6. The minimum Gasteiger partial charge on any atom is -0.301 e. The van der Waals surface area contributed by atoms with Gasteiger partial charge in [-0.2, -0.15) is 0 Å². The summed E-state index contributed by atoms with van der Waals surface area (Å²) >= 11 is 21.5. The Balaban J connectivity index is 1.40. The topological polar surface area (TPSA) is 72.7 Å². The zero-order chi connectivity index (χ0) is 24.1. The summed E-state index contributed by atoms with van der Waals surface area (Å²) in [6.45, 7) is 4.29. The van der Waals surface area contributed by atoms with Gasteiger partial charge in [0.25, 0.3) is 0 Å². The predicted molar refractivity (Wildman–Crippen MR) is 141 cm³/mol. The molecule has 0 radical (unpaired) electrons. The van der Waals surface area contributed by atoms with Crippen LogP contribution in [-0.4, -0.2) is 31.4 Å². The molecule has 4 aromatic rings. The van der Waals surface area contributed by atoms with Crippen molar-refractivity contribution in [3.05, 3.63) is 86.8 Å². The maximum atomic E-state index is 12.6. The number of hydrogen-bond acceptors (Lipinski definition) is 6. The number of carbonyl (C=O) groups excluding carboxylic acids is 1. The Kier molecular flexibility index (Phi) is 8.28. The van der Waals surface area contributed by atoms with E-state index in [1.54, 1.807) is 36.5 Å². The first-order valence-electron chi connectivity index (χ1n) is 10.1. The molecule has 1 amide bonds. The number of thioether (sulfide) groups is 1. The Morgan fingerprint density at radius 1 is 1.09 bits per heavy atom. The van der Waals surface area contributed by atoms with E-state index in [1.165, 1.54) is 23.1 Å². The van der Waals surface area contributed by atoms with Crippen LogP contribution in [0.4, 0.5) is 5.13 Å². The Hall–Kier alpha value is -2.36. The molecule has 0 bridgehead atoms. The van der Waals surface area contributed by atoms with Crippen molar-refractivity contribution in [2.75, 3.05) is 11.1 Å². The Labute approximate surface area is 220 Å². The van der Waals surface area contributed by atoms with Crippen LogP contribution in [0.5, 0.6) is 0 Å². The first-order valence-corrected chi connectivity index (χ1v) is 13.0. The van der Waals surface area contributed by atoms with E-state index in [9.17, 15) is 4.79 Å². The number of rotatable bonds is 9. The number of aromatic nitrogens is 4. The molecule has 2 aromatic carbocycles. The third kappa shape index (κ3) is 5.82. The van der Waals surface area contributed by atoms with Gasteiger partial charge < -0.3 is 5.32 Å². The van der Waals surface area contributed by atoms with Gasteiger partial charge in [-0.25, -0.2) is 4.98 Å². The molecule has 0 aliphatic carbocycles. The van der Waals surface area contributed by atoms with Gasteiger partial charge in [-0.3, -0.25) is 9.36 Å². The number of anilines is 1. The summed E-state index contributed by atoms with van der Waals surface area (Å²) in [6, 6.07) is 12.8. The predicted octanol–water partition coefficient (Wildman–Crippen LogP) is 6.87. The quantitative estimate of drug-likeness (QED) is 0.182. The summed E-state index contributed by atoms with van der Waals surface area (Å²) in [4.78, 5) is 17.8. The molecule has 0 atom stereocenters. The smallest absolute Gasteiger partial charge is 0.236 e. The van der Waals surface area contributed by atoms with Gasteiger partial charge in [-0.1, -0.05) is 70.8 Å². The van der Waals surface area contributed by atoms with E-state index in [1.807, 2.05) is 22.8 Å². The normalized spacial score (nSPS) is 10.9. The van der Waals surface area contributed by atoms with E-state index in [0.29, 0.717) is 44.1 Å². The average molecular weight is 551 g/mol. The monoisotopic (exact) mass is 549 g/mol. The standard InChI is InChI=1S/C23H18Cl3N5OS2/c1-2-10-31-21(15-6-3-4-7-17(15)24)29-30-23(31)33-13-20(32)28-22-27-12-14(34-22)11-16-18(25)8-5-9-19(16)26/h2-9,12H,1,10-11,13H2,(H,27,28,32). The summed E-state index contributed by atoms with van der Waals surface area (Å²) in [7, 11) is 0. The second-order valence-corrected chi connectivity index (χ2v) is 10.3. The number of benzene rings is 2. The fourth-order valence-electron chi connectivity index (χ4n) is 3.14. The van der Waals surface area contributed by atoms with Crippen LogP contribution in [0.25, 0.3) is 11.4 Å². The van der Waals surface area contributed by atoms with Gasteiger partial charge in [-0.05, 0) is 29.8 Å². The lowest BCUT2D eigenvalue weighted by Crippen LogP contribution is -2.14. The average Bonchev–Trinajstić information content (AvgIpc) is 3.42. The maximum absolute atomic E-state index is 12.6. The van der Waals surface area contributed by atoms with Gasteiger partial charge in [0, 0.05) is 39.6 Å². The molecule has 0 aliphatic heterocycles. The van der Waals surface area contributed by atoms with Gasteiger partial charge in [0.15, 0.2) is 16.1 Å². The van der Waals surface area contributed by atoms with Crippen LogP contribution in [0.15, 0.2) is 66.5 Å². The fourth-order valence-corrected chi connectivity index (χ4v) is 5.48. The molecule has 0 spiro atoms. The Morgan fingerprint density at radius 3 is 2.56 bits per heavy atom. The van der Waals surface area contributed by atoms with Crippen LogP contribution in [-0.2, 0) is 17.8 Å². The first kappa shape index (κ1) is 24.8. The number of hydrogen-bond donors (Lipinski definition) is 1. The van der Waals surface area contributed by atoms with Crippen LogP contribution in [0.3, 0.4) is 0 Å².